The van der Waals surface area contributed by atoms with E-state index in [1.165, 1.54) is 27.2 Å². The number of piperidine rings is 1. The van der Waals surface area contributed by atoms with E-state index in [9.17, 15) is 14.4 Å². The van der Waals surface area contributed by atoms with Crippen LogP contribution in [-0.4, -0.2) is 90.6 Å². The van der Waals surface area contributed by atoms with Gasteiger partial charge in [-0.3, -0.25) is 14.4 Å². The van der Waals surface area contributed by atoms with E-state index in [0.717, 1.165) is 48.4 Å². The molecule has 1 atom stereocenters. The highest BCUT2D eigenvalue weighted by atomic mass is 35.5. The second-order valence-corrected chi connectivity index (χ2v) is 15.4. The lowest BCUT2D eigenvalue weighted by Gasteiger charge is -2.36. The smallest absolute Gasteiger partial charge is 0.308 e. The maximum absolute atomic E-state index is 14.1. The second-order valence-electron chi connectivity index (χ2n) is 14.6. The number of imidazole rings is 1. The number of fused-ring (bicyclic) bond motifs is 1. The Morgan fingerprint density at radius 2 is 1.70 bits per heavy atom. The van der Waals surface area contributed by atoms with Gasteiger partial charge in [0.25, 0.3) is 5.91 Å². The van der Waals surface area contributed by atoms with Crippen molar-refractivity contribution in [1.29, 1.82) is 0 Å². The van der Waals surface area contributed by atoms with Gasteiger partial charge >= 0.3 is 5.97 Å². The largest absolute Gasteiger partial charge is 0.493 e. The Labute approximate surface area is 341 Å². The predicted octanol–water partition coefficient (Wildman–Crippen LogP) is 7.86. The van der Waals surface area contributed by atoms with E-state index >= 15 is 0 Å². The zero-order valence-corrected chi connectivity index (χ0v) is 33.8. The molecule has 1 unspecified atom stereocenters. The van der Waals surface area contributed by atoms with Crippen molar-refractivity contribution in [2.75, 3.05) is 53.6 Å². The summed E-state index contributed by atoms with van der Waals surface area (Å²) in [7, 11) is 2.91. The van der Waals surface area contributed by atoms with Crippen LogP contribution in [0.15, 0.2) is 77.4 Å². The van der Waals surface area contributed by atoms with Crippen LogP contribution in [0.25, 0.3) is 11.0 Å². The molecule has 5 aromatic rings. The SMILES string of the molecule is COc1cc(C(=O)N2CCC(CCN3CCC(C(=O)c4nc5ccccc5n4CCOCc4ccco4)CC3)(c3ccc(Cl)c(Cl)c3)C2)cc(OC(C)=O)c1OC. The molecular formula is C43H46Cl2N4O8. The van der Waals surface area contributed by atoms with Crippen molar-refractivity contribution in [3.63, 3.8) is 0 Å². The molecule has 2 saturated heterocycles. The average molecular weight is 818 g/mol. The van der Waals surface area contributed by atoms with E-state index in [2.05, 4.69) is 4.90 Å². The number of furan rings is 1. The van der Waals surface area contributed by atoms with Gasteiger partial charge in [0.15, 0.2) is 17.3 Å². The molecule has 2 fully saturated rings. The lowest BCUT2D eigenvalue weighted by atomic mass is 9.76. The molecule has 300 valence electrons. The molecule has 2 aromatic heterocycles. The molecule has 14 heteroatoms. The third-order valence-corrected chi connectivity index (χ3v) is 11.9. The van der Waals surface area contributed by atoms with Gasteiger partial charge in [0.1, 0.15) is 12.4 Å². The number of ketones is 1. The number of aromatic nitrogens is 2. The molecule has 12 nitrogen and oxygen atoms in total. The molecule has 0 radical (unpaired) electrons. The fraction of sp³-hybridized carbons (Fsp3) is 0.395. The summed E-state index contributed by atoms with van der Waals surface area (Å²) in [5.74, 6) is 0.980. The first-order valence-corrected chi connectivity index (χ1v) is 19.9. The highest BCUT2D eigenvalue weighted by Crippen LogP contribution is 2.43. The van der Waals surface area contributed by atoms with Crippen molar-refractivity contribution in [2.24, 2.45) is 5.92 Å². The van der Waals surface area contributed by atoms with Crippen LogP contribution < -0.4 is 14.2 Å². The van der Waals surface area contributed by atoms with Crippen LogP contribution in [0, 0.1) is 5.92 Å². The number of rotatable bonds is 15. The minimum Gasteiger partial charge on any atom is -0.493 e. The summed E-state index contributed by atoms with van der Waals surface area (Å²) < 4.78 is 29.6. The Hall–Kier alpha value is -4.88. The summed E-state index contributed by atoms with van der Waals surface area (Å²) in [6.45, 7) is 5.78. The van der Waals surface area contributed by atoms with Crippen LogP contribution in [0.1, 0.15) is 64.9 Å². The maximum Gasteiger partial charge on any atom is 0.308 e. The number of benzene rings is 3. The van der Waals surface area contributed by atoms with Gasteiger partial charge in [-0.2, -0.15) is 0 Å². The fourth-order valence-electron chi connectivity index (χ4n) is 8.11. The first-order chi connectivity index (χ1) is 27.6. The van der Waals surface area contributed by atoms with E-state index in [1.807, 2.05) is 58.0 Å². The first-order valence-electron chi connectivity index (χ1n) is 19.1. The van der Waals surface area contributed by atoms with E-state index in [0.29, 0.717) is 73.5 Å². The van der Waals surface area contributed by atoms with Gasteiger partial charge in [-0.25, -0.2) is 4.98 Å². The van der Waals surface area contributed by atoms with Gasteiger partial charge in [-0.1, -0.05) is 41.4 Å². The highest BCUT2D eigenvalue weighted by Gasteiger charge is 2.42. The molecular weight excluding hydrogens is 771 g/mol. The van der Waals surface area contributed by atoms with Gasteiger partial charge < -0.3 is 37.7 Å². The number of esters is 1. The van der Waals surface area contributed by atoms with Crippen LogP contribution in [0.3, 0.4) is 0 Å². The second kappa shape index (κ2) is 17.7. The first kappa shape index (κ1) is 40.3. The molecule has 1 amide bonds. The summed E-state index contributed by atoms with van der Waals surface area (Å²) in [6, 6.07) is 20.3. The third kappa shape index (κ3) is 8.84. The predicted molar refractivity (Wildman–Crippen MR) is 216 cm³/mol. The summed E-state index contributed by atoms with van der Waals surface area (Å²) in [6.07, 6.45) is 4.51. The van der Waals surface area contributed by atoms with E-state index in [1.54, 1.807) is 18.4 Å². The molecule has 0 N–H and O–H groups in total. The normalized spacial score (nSPS) is 17.6. The quantitative estimate of drug-likeness (QED) is 0.0446. The molecule has 2 aliphatic heterocycles. The minimum atomic E-state index is -0.545. The molecule has 0 saturated carbocycles. The monoisotopic (exact) mass is 816 g/mol. The molecule has 7 rings (SSSR count). The highest BCUT2D eigenvalue weighted by molar-refractivity contribution is 6.42. The Morgan fingerprint density at radius 3 is 2.42 bits per heavy atom. The van der Waals surface area contributed by atoms with Crippen LogP contribution >= 0.6 is 23.2 Å². The minimum absolute atomic E-state index is 0.0566. The molecule has 0 bridgehead atoms. The Bertz CT molecular complexity index is 2230. The summed E-state index contributed by atoms with van der Waals surface area (Å²) in [5.41, 5.74) is 2.62. The molecule has 0 spiro atoms. The zero-order chi connectivity index (χ0) is 40.1. The van der Waals surface area contributed by atoms with Gasteiger partial charge in [0.05, 0.1) is 48.2 Å². The fourth-order valence-corrected chi connectivity index (χ4v) is 8.41. The van der Waals surface area contributed by atoms with Crippen molar-refractivity contribution < 1.29 is 37.7 Å². The number of Topliss-reactive ketones (excluding diaryl/α,β-unsaturated/α-hetero) is 1. The summed E-state index contributed by atoms with van der Waals surface area (Å²) in [4.78, 5) is 49.1. The molecule has 4 heterocycles. The number of carbonyl (C=O) groups excluding carboxylic acids is 3. The molecule has 57 heavy (non-hydrogen) atoms. The zero-order valence-electron chi connectivity index (χ0n) is 32.3. The lowest BCUT2D eigenvalue weighted by Crippen LogP contribution is -2.41. The average Bonchev–Trinajstić information content (AvgIpc) is 3.99. The summed E-state index contributed by atoms with van der Waals surface area (Å²) in [5, 5.41) is 0.921. The van der Waals surface area contributed by atoms with Crippen LogP contribution in [-0.2, 0) is 28.1 Å². The number of nitrogens with zero attached hydrogens (tertiary/aromatic N) is 4. The van der Waals surface area contributed by atoms with Crippen LogP contribution in [0.2, 0.25) is 10.0 Å². The topological polar surface area (TPSA) is 126 Å². The molecule has 2 aliphatic rings. The van der Waals surface area contributed by atoms with E-state index in [4.69, 9.17) is 51.6 Å². The van der Waals surface area contributed by atoms with Crippen molar-refractivity contribution in [3.05, 3.63) is 106 Å². The lowest BCUT2D eigenvalue weighted by molar-refractivity contribution is -0.132. The van der Waals surface area contributed by atoms with Gasteiger partial charge in [0, 0.05) is 43.5 Å². The number of para-hydroxylation sites is 2. The number of amides is 1. The van der Waals surface area contributed by atoms with Crippen molar-refractivity contribution >= 4 is 51.9 Å². The number of methoxy groups -OCH3 is 2. The van der Waals surface area contributed by atoms with Crippen molar-refractivity contribution in [3.8, 4) is 17.2 Å². The molecule has 0 aliphatic carbocycles. The number of carbonyl (C=O) groups is 3. The Kier molecular flexibility index (Phi) is 12.5. The Balaban J connectivity index is 1.03. The number of ether oxygens (including phenoxy) is 4. The number of hydrogen-bond donors (Lipinski definition) is 0. The maximum atomic E-state index is 14.1. The number of hydrogen-bond acceptors (Lipinski definition) is 10. The van der Waals surface area contributed by atoms with Crippen molar-refractivity contribution in [2.45, 2.75) is 51.2 Å². The third-order valence-electron chi connectivity index (χ3n) is 11.1. The van der Waals surface area contributed by atoms with Crippen LogP contribution in [0.4, 0.5) is 0 Å². The van der Waals surface area contributed by atoms with Crippen molar-refractivity contribution in [1.82, 2.24) is 19.4 Å². The Morgan fingerprint density at radius 1 is 0.912 bits per heavy atom. The van der Waals surface area contributed by atoms with Gasteiger partial charge in [-0.15, -0.1) is 0 Å². The standard InChI is InChI=1S/C43H46Cl2N4O8/c1-28(50)57-38-24-30(23-37(53-2)40(38)54-3)42(52)48-19-15-43(27-48,31-10-11-33(44)34(45)25-31)14-18-47-16-12-29(13-17-47)39(51)41-46-35-8-4-5-9-36(35)49(41)20-22-55-26-32-7-6-21-56-32/h4-11,21,23-25,29H,12-20,22,26-27H2,1-3H3. The van der Waals surface area contributed by atoms with Gasteiger partial charge in [-0.05, 0) is 99.4 Å². The number of halogens is 2. The van der Waals surface area contributed by atoms with Gasteiger partial charge in [0.2, 0.25) is 11.5 Å². The van der Waals surface area contributed by atoms with Crippen LogP contribution in [0.5, 0.6) is 17.2 Å². The van der Waals surface area contributed by atoms with E-state index < -0.39 is 11.4 Å². The number of likely N-dealkylation sites (tertiary alicyclic amines) is 2. The summed E-state index contributed by atoms with van der Waals surface area (Å²) >= 11 is 12.9. The molecule has 3 aromatic carbocycles. The van der Waals surface area contributed by atoms with E-state index in [-0.39, 0.29) is 34.9 Å².